The zero-order valence-electron chi connectivity index (χ0n) is 11.1. The molecule has 1 heterocycles. The Hall–Kier alpha value is -1.38. The fraction of sp³-hybridized carbons (Fsp3) is 0.600. The van der Waals surface area contributed by atoms with Crippen LogP contribution in [0.15, 0.2) is 23.8 Å². The molecule has 0 radical (unpaired) electrons. The van der Waals surface area contributed by atoms with Gasteiger partial charge in [0.1, 0.15) is 6.10 Å². The van der Waals surface area contributed by atoms with Crippen molar-refractivity contribution >= 4 is 11.8 Å². The Labute approximate surface area is 108 Å². The first-order valence-corrected chi connectivity index (χ1v) is 6.58. The SMILES string of the molecule is C=C1C(=O)OC2CC(C)CCC(=O)C(C)=CCC12. The van der Waals surface area contributed by atoms with Crippen LogP contribution < -0.4 is 0 Å². The predicted octanol–water partition coefficient (Wildman–Crippen LogP) is 2.81. The van der Waals surface area contributed by atoms with Crippen LogP contribution >= 0.6 is 0 Å². The maximum Gasteiger partial charge on any atom is 0.334 e. The Kier molecular flexibility index (Phi) is 3.69. The summed E-state index contributed by atoms with van der Waals surface area (Å²) in [5, 5.41) is 0. The number of ketones is 1. The van der Waals surface area contributed by atoms with Gasteiger partial charge in [0.25, 0.3) is 0 Å². The largest absolute Gasteiger partial charge is 0.458 e. The molecule has 0 aromatic heterocycles. The molecule has 0 amide bonds. The maximum absolute atomic E-state index is 11.8. The Morgan fingerprint density at radius 2 is 2.11 bits per heavy atom. The van der Waals surface area contributed by atoms with Crippen molar-refractivity contribution in [1.82, 2.24) is 0 Å². The van der Waals surface area contributed by atoms with Crippen LogP contribution in [0.3, 0.4) is 0 Å². The highest BCUT2D eigenvalue weighted by Gasteiger charge is 2.38. The topological polar surface area (TPSA) is 43.4 Å². The van der Waals surface area contributed by atoms with Crippen LogP contribution in [0, 0.1) is 11.8 Å². The van der Waals surface area contributed by atoms with Gasteiger partial charge >= 0.3 is 5.97 Å². The van der Waals surface area contributed by atoms with Crippen molar-refractivity contribution in [1.29, 1.82) is 0 Å². The number of allylic oxidation sites excluding steroid dienone is 2. The van der Waals surface area contributed by atoms with Crippen molar-refractivity contribution in [3.63, 3.8) is 0 Å². The molecule has 1 fully saturated rings. The molecule has 0 bridgehead atoms. The number of carbonyl (C=O) groups is 2. The molecule has 1 aliphatic heterocycles. The van der Waals surface area contributed by atoms with E-state index < -0.39 is 0 Å². The molecule has 3 unspecified atom stereocenters. The molecule has 2 rings (SSSR count). The molecule has 1 saturated heterocycles. The number of rotatable bonds is 0. The molecule has 0 spiro atoms. The number of hydrogen-bond donors (Lipinski definition) is 0. The van der Waals surface area contributed by atoms with Crippen molar-refractivity contribution in [2.45, 2.75) is 45.6 Å². The molecule has 0 N–H and O–H groups in total. The summed E-state index contributed by atoms with van der Waals surface area (Å²) in [6.45, 7) is 7.79. The van der Waals surface area contributed by atoms with Crippen LogP contribution in [0.5, 0.6) is 0 Å². The van der Waals surface area contributed by atoms with Gasteiger partial charge in [0.15, 0.2) is 5.78 Å². The fourth-order valence-corrected chi connectivity index (χ4v) is 2.68. The van der Waals surface area contributed by atoms with Gasteiger partial charge in [-0.2, -0.15) is 0 Å². The highest BCUT2D eigenvalue weighted by atomic mass is 16.6. The van der Waals surface area contributed by atoms with E-state index in [9.17, 15) is 9.59 Å². The standard InChI is InChI=1S/C15H20O3/c1-9-4-7-13(16)10(2)5-6-12-11(3)15(17)18-14(12)8-9/h5,9,12,14H,3-4,6-8H2,1-2H3. The van der Waals surface area contributed by atoms with Gasteiger partial charge < -0.3 is 4.74 Å². The molecule has 0 aromatic rings. The van der Waals surface area contributed by atoms with Gasteiger partial charge in [-0.05, 0) is 37.7 Å². The van der Waals surface area contributed by atoms with Crippen molar-refractivity contribution in [2.24, 2.45) is 11.8 Å². The zero-order chi connectivity index (χ0) is 13.3. The first-order chi connectivity index (χ1) is 8.49. The quantitative estimate of drug-likeness (QED) is 0.489. The van der Waals surface area contributed by atoms with Gasteiger partial charge in [-0.3, -0.25) is 4.79 Å². The molecule has 1 aliphatic carbocycles. The number of fused-ring (bicyclic) bond motifs is 1. The van der Waals surface area contributed by atoms with E-state index in [0.29, 0.717) is 24.3 Å². The Bertz CT molecular complexity index is 419. The summed E-state index contributed by atoms with van der Waals surface area (Å²) in [5.41, 5.74) is 1.36. The lowest BCUT2D eigenvalue weighted by Crippen LogP contribution is -2.21. The van der Waals surface area contributed by atoms with E-state index in [2.05, 4.69) is 13.5 Å². The van der Waals surface area contributed by atoms with Crippen LogP contribution in [0.1, 0.15) is 39.5 Å². The zero-order valence-corrected chi connectivity index (χ0v) is 11.1. The summed E-state index contributed by atoms with van der Waals surface area (Å²) in [4.78, 5) is 23.4. The van der Waals surface area contributed by atoms with Crippen LogP contribution in [-0.2, 0) is 14.3 Å². The minimum absolute atomic E-state index is 0.0424. The van der Waals surface area contributed by atoms with E-state index in [1.54, 1.807) is 0 Å². The highest BCUT2D eigenvalue weighted by molar-refractivity contribution is 5.95. The Balaban J connectivity index is 2.23. The van der Waals surface area contributed by atoms with Gasteiger partial charge in [0.2, 0.25) is 0 Å². The molecule has 0 aromatic carbocycles. The van der Waals surface area contributed by atoms with Gasteiger partial charge in [0.05, 0.1) is 0 Å². The van der Waals surface area contributed by atoms with Gasteiger partial charge in [0, 0.05) is 17.9 Å². The molecule has 98 valence electrons. The van der Waals surface area contributed by atoms with Crippen molar-refractivity contribution in [3.8, 4) is 0 Å². The molecule has 2 aliphatic rings. The summed E-state index contributed by atoms with van der Waals surface area (Å²) in [5.74, 6) is 0.386. The first kappa shape index (κ1) is 13.1. The lowest BCUT2D eigenvalue weighted by molar-refractivity contribution is -0.139. The third-order valence-corrected chi connectivity index (χ3v) is 4.03. The third kappa shape index (κ3) is 2.55. The van der Waals surface area contributed by atoms with E-state index >= 15 is 0 Å². The van der Waals surface area contributed by atoms with Gasteiger partial charge in [-0.25, -0.2) is 4.79 Å². The summed E-state index contributed by atoms with van der Waals surface area (Å²) >= 11 is 0. The van der Waals surface area contributed by atoms with Crippen molar-refractivity contribution < 1.29 is 14.3 Å². The summed E-state index contributed by atoms with van der Waals surface area (Å²) in [6, 6.07) is 0. The van der Waals surface area contributed by atoms with Crippen LogP contribution in [0.25, 0.3) is 0 Å². The number of ether oxygens (including phenoxy) is 1. The Morgan fingerprint density at radius 3 is 2.83 bits per heavy atom. The molecular formula is C15H20O3. The first-order valence-electron chi connectivity index (χ1n) is 6.58. The number of esters is 1. The second-order valence-electron chi connectivity index (χ2n) is 5.50. The van der Waals surface area contributed by atoms with Crippen molar-refractivity contribution in [3.05, 3.63) is 23.8 Å². The van der Waals surface area contributed by atoms with Gasteiger partial charge in [-0.1, -0.05) is 19.6 Å². The summed E-state index contributed by atoms with van der Waals surface area (Å²) in [7, 11) is 0. The average molecular weight is 248 g/mol. The molecule has 3 nitrogen and oxygen atoms in total. The number of carbonyl (C=O) groups excluding carboxylic acids is 2. The van der Waals surface area contributed by atoms with Crippen molar-refractivity contribution in [2.75, 3.05) is 0 Å². The molecular weight excluding hydrogens is 228 g/mol. The summed E-state index contributed by atoms with van der Waals surface area (Å²) in [6.07, 6.45) is 4.84. The van der Waals surface area contributed by atoms with E-state index in [1.165, 1.54) is 0 Å². The van der Waals surface area contributed by atoms with E-state index in [-0.39, 0.29) is 23.8 Å². The number of hydrogen-bond acceptors (Lipinski definition) is 3. The third-order valence-electron chi connectivity index (χ3n) is 4.03. The maximum atomic E-state index is 11.8. The smallest absolute Gasteiger partial charge is 0.334 e. The average Bonchev–Trinajstić information content (AvgIpc) is 2.58. The molecule has 0 saturated carbocycles. The normalized spacial score (nSPS) is 33.8. The van der Waals surface area contributed by atoms with E-state index in [4.69, 9.17) is 4.74 Å². The van der Waals surface area contributed by atoms with Crippen LogP contribution in [-0.4, -0.2) is 17.9 Å². The van der Waals surface area contributed by atoms with Gasteiger partial charge in [-0.15, -0.1) is 0 Å². The fourth-order valence-electron chi connectivity index (χ4n) is 2.68. The predicted molar refractivity (Wildman–Crippen MR) is 68.9 cm³/mol. The van der Waals surface area contributed by atoms with E-state index in [0.717, 1.165) is 18.4 Å². The number of Topliss-reactive ketones (excluding diaryl/α,β-unsaturated/α-hetero) is 1. The van der Waals surface area contributed by atoms with E-state index in [1.807, 2.05) is 13.0 Å². The highest BCUT2D eigenvalue weighted by Crippen LogP contribution is 2.35. The monoisotopic (exact) mass is 248 g/mol. The Morgan fingerprint density at radius 1 is 1.39 bits per heavy atom. The molecule has 3 heteroatoms. The molecule has 3 atom stereocenters. The minimum atomic E-state index is -0.270. The lowest BCUT2D eigenvalue weighted by Gasteiger charge is -2.21. The van der Waals surface area contributed by atoms with Crippen LogP contribution in [0.2, 0.25) is 0 Å². The lowest BCUT2D eigenvalue weighted by atomic mass is 9.84. The van der Waals surface area contributed by atoms with Crippen LogP contribution in [0.4, 0.5) is 0 Å². The molecule has 18 heavy (non-hydrogen) atoms. The second kappa shape index (κ2) is 5.09. The summed E-state index contributed by atoms with van der Waals surface area (Å²) < 4.78 is 5.39. The second-order valence-corrected chi connectivity index (χ2v) is 5.50. The minimum Gasteiger partial charge on any atom is -0.458 e.